The average Bonchev–Trinajstić information content (AvgIpc) is 2.51. The molecule has 0 amide bonds. The Morgan fingerprint density at radius 1 is 1.47 bits per heavy atom. The maximum atomic E-state index is 11.9. The summed E-state index contributed by atoms with van der Waals surface area (Å²) in [5.74, 6) is 0.734. The number of nitrogens with zero attached hydrogens (tertiary/aromatic N) is 2. The van der Waals surface area contributed by atoms with E-state index >= 15 is 0 Å². The molecule has 0 unspecified atom stereocenters. The molecule has 1 aromatic rings. The highest BCUT2D eigenvalue weighted by molar-refractivity contribution is 8.00. The van der Waals surface area contributed by atoms with Crippen LogP contribution in [0.2, 0.25) is 0 Å². The Balaban J connectivity index is 2.40. The van der Waals surface area contributed by atoms with Crippen LogP contribution in [0.1, 0.15) is 5.82 Å². The normalized spacial score (nSPS) is 12.0. The van der Waals surface area contributed by atoms with Crippen molar-refractivity contribution in [1.29, 1.82) is 0 Å². The number of aryl methyl sites for hydroxylation is 1. The average molecular weight is 239 g/mol. The lowest BCUT2D eigenvalue weighted by Crippen LogP contribution is -2.12. The van der Waals surface area contributed by atoms with Gasteiger partial charge in [0.15, 0.2) is 0 Å². The van der Waals surface area contributed by atoms with Gasteiger partial charge in [-0.15, -0.1) is 0 Å². The first-order chi connectivity index (χ1) is 7.03. The lowest BCUT2D eigenvalue weighted by molar-refractivity contribution is -0.0328. The number of alkyl halides is 3. The maximum absolute atomic E-state index is 11.9. The minimum atomic E-state index is -4.16. The molecule has 0 radical (unpaired) electrons. The lowest BCUT2D eigenvalue weighted by atomic mass is 10.4. The molecule has 86 valence electrons. The fourth-order valence-electron chi connectivity index (χ4n) is 1.16. The van der Waals surface area contributed by atoms with Gasteiger partial charge in [0.25, 0.3) is 0 Å². The first kappa shape index (κ1) is 12.4. The highest BCUT2D eigenvalue weighted by Gasteiger charge is 2.27. The van der Waals surface area contributed by atoms with E-state index in [1.165, 1.54) is 0 Å². The van der Waals surface area contributed by atoms with Crippen LogP contribution in [0.15, 0.2) is 12.4 Å². The molecule has 0 spiro atoms. The van der Waals surface area contributed by atoms with E-state index in [2.05, 4.69) is 4.98 Å². The van der Waals surface area contributed by atoms with Crippen LogP contribution in [-0.2, 0) is 13.0 Å². The van der Waals surface area contributed by atoms with Crippen molar-refractivity contribution in [3.8, 4) is 0 Å². The zero-order chi connectivity index (χ0) is 11.3. The van der Waals surface area contributed by atoms with Gasteiger partial charge in [-0.05, 0) is 18.3 Å². The van der Waals surface area contributed by atoms with E-state index in [0.717, 1.165) is 5.82 Å². The van der Waals surface area contributed by atoms with E-state index in [-0.39, 0.29) is 17.5 Å². The molecule has 0 saturated carbocycles. The third-order valence-electron chi connectivity index (χ3n) is 1.77. The third-order valence-corrected chi connectivity index (χ3v) is 2.48. The van der Waals surface area contributed by atoms with Gasteiger partial charge in [0.1, 0.15) is 5.82 Å². The standard InChI is InChI=1S/C8H12F3N3S/c9-8(10,11)15-6-5-14-4-3-13-7(14)1-2-12/h3-4H,1-2,5-6,12H2. The summed E-state index contributed by atoms with van der Waals surface area (Å²) in [7, 11) is 0. The Hall–Kier alpha value is -0.690. The molecule has 2 N–H and O–H groups in total. The molecule has 0 aromatic carbocycles. The van der Waals surface area contributed by atoms with Crippen LogP contribution in [0.4, 0.5) is 13.2 Å². The largest absolute Gasteiger partial charge is 0.441 e. The molecule has 0 bridgehead atoms. The Morgan fingerprint density at radius 2 is 2.20 bits per heavy atom. The van der Waals surface area contributed by atoms with Gasteiger partial charge in [0.2, 0.25) is 0 Å². The van der Waals surface area contributed by atoms with Gasteiger partial charge in [-0.1, -0.05) is 0 Å². The fourth-order valence-corrected chi connectivity index (χ4v) is 1.68. The van der Waals surface area contributed by atoms with Gasteiger partial charge in [-0.25, -0.2) is 4.98 Å². The number of hydrogen-bond donors (Lipinski definition) is 1. The summed E-state index contributed by atoms with van der Waals surface area (Å²) in [6.07, 6.45) is 3.83. The van der Waals surface area contributed by atoms with Crippen LogP contribution in [0.3, 0.4) is 0 Å². The van der Waals surface area contributed by atoms with E-state index in [1.807, 2.05) is 0 Å². The van der Waals surface area contributed by atoms with Crippen LogP contribution in [0.25, 0.3) is 0 Å². The van der Waals surface area contributed by atoms with E-state index in [4.69, 9.17) is 5.73 Å². The molecule has 3 nitrogen and oxygen atoms in total. The number of imidazole rings is 1. The van der Waals surface area contributed by atoms with Crippen LogP contribution in [0, 0.1) is 0 Å². The van der Waals surface area contributed by atoms with Gasteiger partial charge in [0, 0.05) is 31.1 Å². The van der Waals surface area contributed by atoms with Gasteiger partial charge in [-0.3, -0.25) is 0 Å². The molecule has 0 saturated heterocycles. The highest BCUT2D eigenvalue weighted by Crippen LogP contribution is 2.30. The van der Waals surface area contributed by atoms with Crippen molar-refractivity contribution in [3.63, 3.8) is 0 Å². The molecular formula is C8H12F3N3S. The molecule has 0 aliphatic rings. The van der Waals surface area contributed by atoms with Gasteiger partial charge < -0.3 is 10.3 Å². The summed E-state index contributed by atoms with van der Waals surface area (Å²) in [4.78, 5) is 4.01. The van der Waals surface area contributed by atoms with E-state index in [9.17, 15) is 13.2 Å². The van der Waals surface area contributed by atoms with E-state index < -0.39 is 5.51 Å². The quantitative estimate of drug-likeness (QED) is 0.849. The number of thioether (sulfide) groups is 1. The van der Waals surface area contributed by atoms with E-state index in [0.29, 0.717) is 19.5 Å². The second-order valence-corrected chi connectivity index (χ2v) is 4.03. The third kappa shape index (κ3) is 4.57. The first-order valence-electron chi connectivity index (χ1n) is 4.43. The minimum Gasteiger partial charge on any atom is -0.334 e. The van der Waals surface area contributed by atoms with Crippen molar-refractivity contribution in [2.45, 2.75) is 18.5 Å². The number of halogens is 3. The molecule has 15 heavy (non-hydrogen) atoms. The number of nitrogens with two attached hydrogens (primary N) is 1. The van der Waals surface area contributed by atoms with Crippen molar-refractivity contribution in [3.05, 3.63) is 18.2 Å². The summed E-state index contributed by atoms with van der Waals surface area (Å²) >= 11 is -0.0213. The van der Waals surface area contributed by atoms with Crippen LogP contribution in [-0.4, -0.2) is 27.4 Å². The van der Waals surface area contributed by atoms with Crippen molar-refractivity contribution in [2.75, 3.05) is 12.3 Å². The zero-order valence-electron chi connectivity index (χ0n) is 8.00. The molecule has 0 aliphatic carbocycles. The molecule has 0 aliphatic heterocycles. The first-order valence-corrected chi connectivity index (χ1v) is 5.42. The molecule has 0 atom stereocenters. The summed E-state index contributed by atoms with van der Waals surface area (Å²) < 4.78 is 37.3. The van der Waals surface area contributed by atoms with Crippen molar-refractivity contribution in [2.24, 2.45) is 5.73 Å². The Labute approximate surface area is 89.9 Å². The summed E-state index contributed by atoms with van der Waals surface area (Å²) in [6.45, 7) is 0.753. The number of rotatable bonds is 5. The van der Waals surface area contributed by atoms with Gasteiger partial charge in [0.05, 0.1) is 0 Å². The molecule has 1 heterocycles. The molecule has 1 aromatic heterocycles. The predicted octanol–water partition coefficient (Wildman–Crippen LogP) is 1.64. The smallest absolute Gasteiger partial charge is 0.334 e. The SMILES string of the molecule is NCCc1nccn1CCSC(F)(F)F. The second kappa shape index (κ2) is 5.41. The second-order valence-electron chi connectivity index (χ2n) is 2.87. The zero-order valence-corrected chi connectivity index (χ0v) is 8.81. The summed E-state index contributed by atoms with van der Waals surface area (Å²) in [5.41, 5.74) is 1.19. The number of aromatic nitrogens is 2. The van der Waals surface area contributed by atoms with Crippen LogP contribution >= 0.6 is 11.8 Å². The van der Waals surface area contributed by atoms with Crippen molar-refractivity contribution in [1.82, 2.24) is 9.55 Å². The summed E-state index contributed by atoms with van der Waals surface area (Å²) in [5, 5.41) is 0. The molecular weight excluding hydrogens is 227 g/mol. The van der Waals surface area contributed by atoms with Gasteiger partial charge >= 0.3 is 5.51 Å². The van der Waals surface area contributed by atoms with Crippen molar-refractivity contribution < 1.29 is 13.2 Å². The fraction of sp³-hybridized carbons (Fsp3) is 0.625. The topological polar surface area (TPSA) is 43.8 Å². The molecule has 1 rings (SSSR count). The Kier molecular flexibility index (Phi) is 4.46. The molecule has 7 heteroatoms. The van der Waals surface area contributed by atoms with Crippen LogP contribution in [0.5, 0.6) is 0 Å². The highest BCUT2D eigenvalue weighted by atomic mass is 32.2. The maximum Gasteiger partial charge on any atom is 0.441 e. The summed E-state index contributed by atoms with van der Waals surface area (Å²) in [6, 6.07) is 0. The molecule has 0 fully saturated rings. The Bertz CT molecular complexity index is 298. The Morgan fingerprint density at radius 3 is 2.80 bits per heavy atom. The van der Waals surface area contributed by atoms with Gasteiger partial charge in [-0.2, -0.15) is 13.2 Å². The number of hydrogen-bond acceptors (Lipinski definition) is 3. The predicted molar refractivity (Wildman–Crippen MR) is 53.5 cm³/mol. The monoisotopic (exact) mass is 239 g/mol. The lowest BCUT2D eigenvalue weighted by Gasteiger charge is -2.08. The van der Waals surface area contributed by atoms with E-state index in [1.54, 1.807) is 17.0 Å². The van der Waals surface area contributed by atoms with Crippen molar-refractivity contribution >= 4 is 11.8 Å². The minimum absolute atomic E-state index is 0.00255. The van der Waals surface area contributed by atoms with Crippen LogP contribution < -0.4 is 5.73 Å².